The first-order valence-electron chi connectivity index (χ1n) is 11.1. The van der Waals surface area contributed by atoms with Crippen LogP contribution in [0.15, 0.2) is 24.3 Å². The highest BCUT2D eigenvalue weighted by Gasteiger charge is 2.35. The Kier molecular flexibility index (Phi) is 6.51. The van der Waals surface area contributed by atoms with E-state index < -0.39 is 0 Å². The standard InChI is InChI=1S/C24H31FN4O2/c1-16(2)22-26-21(15-31-3)19(14-18-6-4-5-7-20(18)25)23(27-22)28-10-12-29(13-11-28)24(30)17-8-9-17/h4-7,16-17H,8-15H2,1-3H3. The molecule has 1 aliphatic carbocycles. The van der Waals surface area contributed by atoms with Crippen molar-refractivity contribution in [1.82, 2.24) is 14.9 Å². The van der Waals surface area contributed by atoms with Gasteiger partial charge in [0.15, 0.2) is 0 Å². The fraction of sp³-hybridized carbons (Fsp3) is 0.542. The predicted molar refractivity (Wildman–Crippen MR) is 118 cm³/mol. The number of ether oxygens (including phenoxy) is 1. The second-order valence-corrected chi connectivity index (χ2v) is 8.77. The van der Waals surface area contributed by atoms with Crippen LogP contribution in [-0.2, 0) is 22.6 Å². The van der Waals surface area contributed by atoms with Gasteiger partial charge >= 0.3 is 0 Å². The molecule has 0 spiro atoms. The maximum absolute atomic E-state index is 14.5. The molecule has 1 amide bonds. The van der Waals surface area contributed by atoms with Crippen molar-refractivity contribution in [3.8, 4) is 0 Å². The van der Waals surface area contributed by atoms with E-state index in [4.69, 9.17) is 14.7 Å². The molecule has 1 saturated heterocycles. The Labute approximate surface area is 183 Å². The molecule has 0 atom stereocenters. The number of benzene rings is 1. The highest BCUT2D eigenvalue weighted by molar-refractivity contribution is 5.81. The van der Waals surface area contributed by atoms with E-state index in [2.05, 4.69) is 18.7 Å². The summed E-state index contributed by atoms with van der Waals surface area (Å²) in [6.45, 7) is 7.29. The summed E-state index contributed by atoms with van der Waals surface area (Å²) in [6.07, 6.45) is 2.45. The molecule has 0 N–H and O–H groups in total. The van der Waals surface area contributed by atoms with Crippen molar-refractivity contribution in [3.63, 3.8) is 0 Å². The van der Waals surface area contributed by atoms with Gasteiger partial charge in [-0.3, -0.25) is 4.79 Å². The fourth-order valence-corrected chi connectivity index (χ4v) is 4.05. The summed E-state index contributed by atoms with van der Waals surface area (Å²) in [5.41, 5.74) is 2.32. The first kappa shape index (κ1) is 21.7. The van der Waals surface area contributed by atoms with Crippen LogP contribution in [0.2, 0.25) is 0 Å². The largest absolute Gasteiger partial charge is 0.378 e. The summed E-state index contributed by atoms with van der Waals surface area (Å²) in [4.78, 5) is 26.3. The van der Waals surface area contributed by atoms with Crippen molar-refractivity contribution in [2.75, 3.05) is 38.2 Å². The van der Waals surface area contributed by atoms with Crippen LogP contribution >= 0.6 is 0 Å². The average molecular weight is 427 g/mol. The number of anilines is 1. The Morgan fingerprint density at radius 3 is 2.48 bits per heavy atom. The van der Waals surface area contributed by atoms with Crippen molar-refractivity contribution >= 4 is 11.7 Å². The SMILES string of the molecule is COCc1nc(C(C)C)nc(N2CCN(C(=O)C3CC3)CC2)c1Cc1ccccc1F. The number of aromatic nitrogens is 2. The Morgan fingerprint density at radius 2 is 1.87 bits per heavy atom. The lowest BCUT2D eigenvalue weighted by Gasteiger charge is -2.37. The molecule has 166 valence electrons. The van der Waals surface area contributed by atoms with Gasteiger partial charge in [0.1, 0.15) is 17.5 Å². The number of amides is 1. The van der Waals surface area contributed by atoms with Gasteiger partial charge in [-0.25, -0.2) is 14.4 Å². The molecule has 2 aliphatic rings. The smallest absolute Gasteiger partial charge is 0.225 e. The van der Waals surface area contributed by atoms with Gasteiger partial charge in [-0.1, -0.05) is 32.0 Å². The van der Waals surface area contributed by atoms with E-state index >= 15 is 0 Å². The van der Waals surface area contributed by atoms with Crippen molar-refractivity contribution in [3.05, 3.63) is 52.7 Å². The second-order valence-electron chi connectivity index (χ2n) is 8.77. The monoisotopic (exact) mass is 426 g/mol. The van der Waals surface area contributed by atoms with Gasteiger partial charge in [-0.15, -0.1) is 0 Å². The van der Waals surface area contributed by atoms with Gasteiger partial charge in [-0.2, -0.15) is 0 Å². The van der Waals surface area contributed by atoms with Crippen molar-refractivity contribution < 1.29 is 13.9 Å². The number of piperazine rings is 1. The summed E-state index contributed by atoms with van der Waals surface area (Å²) < 4.78 is 19.9. The summed E-state index contributed by atoms with van der Waals surface area (Å²) >= 11 is 0. The van der Waals surface area contributed by atoms with Crippen molar-refractivity contribution in [2.24, 2.45) is 5.92 Å². The first-order chi connectivity index (χ1) is 15.0. The van der Waals surface area contributed by atoms with Crippen LogP contribution < -0.4 is 4.90 Å². The van der Waals surface area contributed by atoms with E-state index in [1.807, 2.05) is 11.0 Å². The topological polar surface area (TPSA) is 58.6 Å². The summed E-state index contributed by atoms with van der Waals surface area (Å²) in [5.74, 6) is 2.06. The quantitative estimate of drug-likeness (QED) is 0.678. The lowest BCUT2D eigenvalue weighted by Crippen LogP contribution is -2.50. The second kappa shape index (κ2) is 9.30. The highest BCUT2D eigenvalue weighted by atomic mass is 19.1. The fourth-order valence-electron chi connectivity index (χ4n) is 4.05. The molecule has 7 heteroatoms. The number of nitrogens with zero attached hydrogens (tertiary/aromatic N) is 4. The van der Waals surface area contributed by atoms with E-state index in [0.717, 1.165) is 35.7 Å². The summed E-state index contributed by atoms with van der Waals surface area (Å²) in [7, 11) is 1.64. The number of carbonyl (C=O) groups excluding carboxylic acids is 1. The third kappa shape index (κ3) is 4.87. The van der Waals surface area contributed by atoms with Crippen LogP contribution in [0.4, 0.5) is 10.2 Å². The van der Waals surface area contributed by atoms with Gasteiger partial charge in [0.25, 0.3) is 0 Å². The molecule has 6 nitrogen and oxygen atoms in total. The van der Waals surface area contributed by atoms with E-state index in [1.165, 1.54) is 6.07 Å². The van der Waals surface area contributed by atoms with Crippen molar-refractivity contribution in [1.29, 1.82) is 0 Å². The Balaban J connectivity index is 1.67. The van der Waals surface area contributed by atoms with E-state index in [9.17, 15) is 9.18 Å². The normalized spacial score (nSPS) is 16.8. The molecule has 0 unspecified atom stereocenters. The van der Waals surface area contributed by atoms with Crippen LogP contribution in [0.25, 0.3) is 0 Å². The molecule has 1 aromatic heterocycles. The molecule has 2 heterocycles. The molecular formula is C24H31FN4O2. The van der Waals surface area contributed by atoms with Crippen LogP contribution in [0.5, 0.6) is 0 Å². The third-order valence-corrected chi connectivity index (χ3v) is 6.03. The Hall–Kier alpha value is -2.54. The molecule has 1 aliphatic heterocycles. The number of carbonyl (C=O) groups is 1. The highest BCUT2D eigenvalue weighted by Crippen LogP contribution is 2.32. The molecule has 1 saturated carbocycles. The number of hydrogen-bond donors (Lipinski definition) is 0. The third-order valence-electron chi connectivity index (χ3n) is 6.03. The van der Waals surface area contributed by atoms with E-state index in [-0.39, 0.29) is 23.6 Å². The lowest BCUT2D eigenvalue weighted by molar-refractivity contribution is -0.132. The van der Waals surface area contributed by atoms with Gasteiger partial charge in [0, 0.05) is 57.1 Å². The predicted octanol–water partition coefficient (Wildman–Crippen LogP) is 3.53. The first-order valence-corrected chi connectivity index (χ1v) is 11.1. The molecule has 2 aromatic rings. The maximum Gasteiger partial charge on any atom is 0.225 e. The number of rotatable bonds is 7. The summed E-state index contributed by atoms with van der Waals surface area (Å²) in [6, 6.07) is 6.83. The zero-order valence-electron chi connectivity index (χ0n) is 18.6. The molecule has 0 bridgehead atoms. The number of halogens is 1. The molecule has 2 fully saturated rings. The minimum Gasteiger partial charge on any atom is -0.378 e. The van der Waals surface area contributed by atoms with Crippen LogP contribution in [0.3, 0.4) is 0 Å². The molecule has 31 heavy (non-hydrogen) atoms. The Morgan fingerprint density at radius 1 is 1.16 bits per heavy atom. The molecular weight excluding hydrogens is 395 g/mol. The molecule has 1 aromatic carbocycles. The van der Waals surface area contributed by atoms with Gasteiger partial charge in [0.2, 0.25) is 5.91 Å². The lowest BCUT2D eigenvalue weighted by atomic mass is 10.0. The number of hydrogen-bond acceptors (Lipinski definition) is 5. The van der Waals surface area contributed by atoms with Crippen molar-refractivity contribution in [2.45, 2.75) is 45.6 Å². The van der Waals surface area contributed by atoms with Crippen LogP contribution in [0, 0.1) is 11.7 Å². The zero-order valence-corrected chi connectivity index (χ0v) is 18.6. The zero-order chi connectivity index (χ0) is 22.0. The summed E-state index contributed by atoms with van der Waals surface area (Å²) in [5, 5.41) is 0. The average Bonchev–Trinajstić information content (AvgIpc) is 3.61. The minimum atomic E-state index is -0.232. The van der Waals surface area contributed by atoms with Gasteiger partial charge < -0.3 is 14.5 Å². The maximum atomic E-state index is 14.5. The molecule has 0 radical (unpaired) electrons. The van der Waals surface area contributed by atoms with Crippen LogP contribution in [0.1, 0.15) is 55.3 Å². The number of methoxy groups -OCH3 is 1. The minimum absolute atomic E-state index is 0.162. The van der Waals surface area contributed by atoms with E-state index in [1.54, 1.807) is 19.2 Å². The van der Waals surface area contributed by atoms with Gasteiger partial charge in [-0.05, 0) is 24.5 Å². The van der Waals surface area contributed by atoms with Gasteiger partial charge in [0.05, 0.1) is 12.3 Å². The Bertz CT molecular complexity index is 937. The van der Waals surface area contributed by atoms with Crippen LogP contribution in [-0.4, -0.2) is 54.1 Å². The van der Waals surface area contributed by atoms with E-state index in [0.29, 0.717) is 44.8 Å². The molecule has 4 rings (SSSR count).